The van der Waals surface area contributed by atoms with Gasteiger partial charge in [-0.15, -0.1) is 11.8 Å². The van der Waals surface area contributed by atoms with Gasteiger partial charge in [-0.25, -0.2) is 13.6 Å². The molecule has 2 aliphatic heterocycles. The molecule has 0 bridgehead atoms. The number of fused-ring (bicyclic) bond motifs is 2. The number of nitrogens with zero attached hydrogens (tertiary/aromatic N) is 2. The zero-order valence-electron chi connectivity index (χ0n) is 16.3. The maximum absolute atomic E-state index is 14.2. The molecule has 1 fully saturated rings. The van der Waals surface area contributed by atoms with Gasteiger partial charge in [0.1, 0.15) is 11.6 Å². The van der Waals surface area contributed by atoms with Crippen LogP contribution < -0.4 is 10.2 Å². The fourth-order valence-electron chi connectivity index (χ4n) is 4.05. The third-order valence-corrected chi connectivity index (χ3v) is 6.72. The van der Waals surface area contributed by atoms with E-state index in [-0.39, 0.29) is 18.1 Å². The maximum atomic E-state index is 14.2. The summed E-state index contributed by atoms with van der Waals surface area (Å²) in [5.41, 5.74) is 1.36. The number of amides is 3. The number of rotatable bonds is 2. The van der Waals surface area contributed by atoms with Crippen molar-refractivity contribution in [2.45, 2.75) is 30.4 Å². The second-order valence-electron chi connectivity index (χ2n) is 7.74. The number of likely N-dealkylation sites (N-methyl/N-ethyl adjacent to an activating group) is 1. The van der Waals surface area contributed by atoms with E-state index in [4.69, 9.17) is 0 Å². The number of urea groups is 1. The minimum Gasteiger partial charge on any atom is -0.309 e. The third-order valence-electron chi connectivity index (χ3n) is 5.13. The summed E-state index contributed by atoms with van der Waals surface area (Å²) in [4.78, 5) is 28.4. The molecule has 1 N–H and O–H groups in total. The van der Waals surface area contributed by atoms with Gasteiger partial charge in [0.15, 0.2) is 4.87 Å². The Balaban J connectivity index is 1.81. The van der Waals surface area contributed by atoms with Gasteiger partial charge < -0.3 is 10.2 Å². The minimum absolute atomic E-state index is 0.273. The van der Waals surface area contributed by atoms with E-state index in [0.29, 0.717) is 17.8 Å². The molecule has 3 amide bonds. The van der Waals surface area contributed by atoms with E-state index in [2.05, 4.69) is 5.32 Å². The summed E-state index contributed by atoms with van der Waals surface area (Å²) in [5.74, 6) is -1.22. The number of thioether (sulfide) groups is 1. The van der Waals surface area contributed by atoms with Crippen molar-refractivity contribution in [2.24, 2.45) is 0 Å². The molecule has 1 saturated heterocycles. The highest BCUT2D eigenvalue weighted by Crippen LogP contribution is 2.59. The van der Waals surface area contributed by atoms with Crippen molar-refractivity contribution < 1.29 is 18.4 Å². The Morgan fingerprint density at radius 2 is 1.90 bits per heavy atom. The third kappa shape index (κ3) is 3.06. The summed E-state index contributed by atoms with van der Waals surface area (Å²) >= 11 is 1.34. The lowest BCUT2D eigenvalue weighted by Gasteiger charge is -2.33. The number of hydrogen-bond acceptors (Lipinski definition) is 3. The molecule has 2 aliphatic rings. The lowest BCUT2D eigenvalue weighted by atomic mass is 10.0. The Morgan fingerprint density at radius 3 is 2.59 bits per heavy atom. The highest BCUT2D eigenvalue weighted by Gasteiger charge is 2.63. The van der Waals surface area contributed by atoms with Crippen LogP contribution in [-0.4, -0.2) is 34.7 Å². The van der Waals surface area contributed by atoms with Crippen LogP contribution in [0.25, 0.3) is 0 Å². The van der Waals surface area contributed by atoms with Crippen molar-refractivity contribution in [3.63, 3.8) is 0 Å². The Morgan fingerprint density at radius 1 is 1.17 bits per heavy atom. The summed E-state index contributed by atoms with van der Waals surface area (Å²) in [6.45, 7) is 6.40. The zero-order chi connectivity index (χ0) is 21.0. The Labute approximate surface area is 172 Å². The predicted octanol–water partition coefficient (Wildman–Crippen LogP) is 4.54. The maximum Gasteiger partial charge on any atom is 0.323 e. The van der Waals surface area contributed by atoms with Crippen LogP contribution >= 0.6 is 11.8 Å². The first-order chi connectivity index (χ1) is 13.7. The smallest absolute Gasteiger partial charge is 0.309 e. The summed E-state index contributed by atoms with van der Waals surface area (Å²) in [6, 6.07) is 9.25. The number of halogens is 2. The van der Waals surface area contributed by atoms with Gasteiger partial charge in [0.05, 0.1) is 5.69 Å². The number of nitrogens with one attached hydrogen (secondary N) is 1. The van der Waals surface area contributed by atoms with Gasteiger partial charge in [-0.1, -0.05) is 6.07 Å². The van der Waals surface area contributed by atoms with Crippen LogP contribution in [0.4, 0.5) is 25.0 Å². The van der Waals surface area contributed by atoms with Crippen LogP contribution in [0.5, 0.6) is 0 Å². The lowest BCUT2D eigenvalue weighted by Crippen LogP contribution is -2.51. The highest BCUT2D eigenvalue weighted by molar-refractivity contribution is 8.02. The molecule has 2 heterocycles. The lowest BCUT2D eigenvalue weighted by molar-refractivity contribution is -0.123. The molecule has 1 atom stereocenters. The molecular weight excluding hydrogens is 396 g/mol. The molecule has 152 valence electrons. The van der Waals surface area contributed by atoms with Crippen LogP contribution in [0, 0.1) is 11.6 Å². The first-order valence-electron chi connectivity index (χ1n) is 9.34. The van der Waals surface area contributed by atoms with Crippen molar-refractivity contribution in [3.05, 3.63) is 59.7 Å². The highest BCUT2D eigenvalue weighted by atomic mass is 32.2. The molecule has 1 unspecified atom stereocenters. The Hall–Kier alpha value is -2.61. The molecule has 2 aromatic rings. The molecule has 0 aliphatic carbocycles. The van der Waals surface area contributed by atoms with Crippen molar-refractivity contribution in [3.8, 4) is 0 Å². The first kappa shape index (κ1) is 19.7. The molecule has 1 spiro atoms. The Bertz CT molecular complexity index is 1010. The fraction of sp³-hybridized carbons (Fsp3) is 0.333. The molecular formula is C21H21F2N3O2S. The van der Waals surface area contributed by atoms with E-state index in [1.165, 1.54) is 47.0 Å². The van der Waals surface area contributed by atoms with E-state index in [1.807, 2.05) is 20.8 Å². The fourth-order valence-corrected chi connectivity index (χ4v) is 5.77. The second-order valence-corrected chi connectivity index (χ2v) is 9.64. The normalized spacial score (nSPS) is 22.3. The second kappa shape index (κ2) is 6.73. The molecule has 4 rings (SSSR count). The summed E-state index contributed by atoms with van der Waals surface area (Å²) in [5, 5.41) is 2.68. The predicted molar refractivity (Wildman–Crippen MR) is 110 cm³/mol. The average Bonchev–Trinajstić information content (AvgIpc) is 3.07. The summed E-state index contributed by atoms with van der Waals surface area (Å²) in [6.07, 6.45) is 0. The van der Waals surface area contributed by atoms with Crippen LogP contribution in [0.1, 0.15) is 26.3 Å². The van der Waals surface area contributed by atoms with Gasteiger partial charge >= 0.3 is 6.03 Å². The van der Waals surface area contributed by atoms with E-state index in [0.717, 1.165) is 0 Å². The van der Waals surface area contributed by atoms with Gasteiger partial charge in [-0.3, -0.25) is 9.69 Å². The monoisotopic (exact) mass is 417 g/mol. The van der Waals surface area contributed by atoms with Gasteiger partial charge in [0.2, 0.25) is 0 Å². The number of hydrogen-bond donors (Lipinski definition) is 1. The van der Waals surface area contributed by atoms with Gasteiger partial charge in [0, 0.05) is 29.1 Å². The van der Waals surface area contributed by atoms with Crippen molar-refractivity contribution in [1.29, 1.82) is 0 Å². The topological polar surface area (TPSA) is 52.7 Å². The summed E-state index contributed by atoms with van der Waals surface area (Å²) < 4.78 is 27.3. The average molecular weight is 417 g/mol. The van der Waals surface area contributed by atoms with Gasteiger partial charge in [-0.2, -0.15) is 0 Å². The van der Waals surface area contributed by atoms with Crippen molar-refractivity contribution in [2.75, 3.05) is 23.3 Å². The van der Waals surface area contributed by atoms with Crippen LogP contribution in [0.2, 0.25) is 0 Å². The molecule has 0 radical (unpaired) electrons. The molecule has 0 aromatic heterocycles. The first-order valence-corrected chi connectivity index (χ1v) is 10.2. The molecule has 5 nitrogen and oxygen atoms in total. The van der Waals surface area contributed by atoms with E-state index >= 15 is 0 Å². The molecule has 29 heavy (non-hydrogen) atoms. The SMILES string of the molecule is CCN1C(=O)C2(SC(C)(C)CN2C(=O)Nc2cccc(F)c2)c2cc(F)ccc21. The van der Waals surface area contributed by atoms with Crippen LogP contribution in [-0.2, 0) is 9.67 Å². The number of benzene rings is 2. The van der Waals surface area contributed by atoms with E-state index in [1.54, 1.807) is 17.0 Å². The Kier molecular flexibility index (Phi) is 4.57. The minimum atomic E-state index is -1.37. The molecule has 2 aromatic carbocycles. The van der Waals surface area contributed by atoms with E-state index < -0.39 is 27.3 Å². The largest absolute Gasteiger partial charge is 0.323 e. The van der Waals surface area contributed by atoms with E-state index in [9.17, 15) is 18.4 Å². The quantitative estimate of drug-likeness (QED) is 0.780. The summed E-state index contributed by atoms with van der Waals surface area (Å²) in [7, 11) is 0. The van der Waals surface area contributed by atoms with Crippen LogP contribution in [0.15, 0.2) is 42.5 Å². The standard InChI is InChI=1S/C21H21F2N3O2S/c1-4-25-17-9-8-14(23)11-16(17)21(18(25)27)26(12-20(2,3)29-21)19(28)24-15-7-5-6-13(22)10-15/h5-11H,4,12H2,1-3H3,(H,24,28). The van der Waals surface area contributed by atoms with Crippen molar-refractivity contribution >= 4 is 35.1 Å². The van der Waals surface area contributed by atoms with Gasteiger partial charge in [0.25, 0.3) is 5.91 Å². The van der Waals surface area contributed by atoms with Crippen molar-refractivity contribution in [1.82, 2.24) is 4.90 Å². The molecule has 0 saturated carbocycles. The number of carbonyl (C=O) groups is 2. The van der Waals surface area contributed by atoms with Crippen LogP contribution in [0.3, 0.4) is 0 Å². The number of anilines is 2. The molecule has 8 heteroatoms. The number of carbonyl (C=O) groups excluding carboxylic acids is 2. The zero-order valence-corrected chi connectivity index (χ0v) is 17.1. The van der Waals surface area contributed by atoms with Gasteiger partial charge in [-0.05, 0) is 57.2 Å².